The molecule has 24 heavy (non-hydrogen) atoms. The summed E-state index contributed by atoms with van der Waals surface area (Å²) in [5, 5.41) is 0. The molecule has 4 heteroatoms. The second kappa shape index (κ2) is 7.32. The van der Waals surface area contributed by atoms with Gasteiger partial charge in [-0.05, 0) is 0 Å². The fourth-order valence-electron chi connectivity index (χ4n) is 3.48. The zero-order valence-corrected chi connectivity index (χ0v) is 20.5. The number of aromatic nitrogens is 1. The summed E-state index contributed by atoms with van der Waals surface area (Å²) in [5.74, 6) is 0.811. The molecule has 0 aromatic carbocycles. The normalized spacial score (nSPS) is 14.1. The Bertz CT molecular complexity index is 831. The number of thiophene rings is 2. The molecule has 0 spiro atoms. The van der Waals surface area contributed by atoms with Crippen LogP contribution in [0.2, 0.25) is 14.8 Å². The number of hydrogen-bond acceptors (Lipinski definition) is 2. The molecule has 3 aromatic heterocycles. The van der Waals surface area contributed by atoms with Crippen LogP contribution in [-0.4, -0.2) is 22.9 Å². The number of unbranched alkanes of at least 4 members (excludes halogenated alkanes) is 1. The van der Waals surface area contributed by atoms with Crippen LogP contribution in [0.4, 0.5) is 0 Å². The van der Waals surface area contributed by atoms with Gasteiger partial charge in [0.05, 0.1) is 0 Å². The van der Waals surface area contributed by atoms with E-state index in [2.05, 4.69) is 63.6 Å². The van der Waals surface area contributed by atoms with E-state index in [1.807, 2.05) is 11.3 Å². The van der Waals surface area contributed by atoms with Crippen molar-refractivity contribution in [2.45, 2.75) is 67.8 Å². The quantitative estimate of drug-likeness (QED) is 0.330. The van der Waals surface area contributed by atoms with E-state index >= 15 is 0 Å². The number of hydrogen-bond donors (Lipinski definition) is 0. The molecule has 0 radical (unpaired) electrons. The minimum absolute atomic E-state index is 0.811. The van der Waals surface area contributed by atoms with Gasteiger partial charge in [-0.15, -0.1) is 0 Å². The first-order valence-electron chi connectivity index (χ1n) is 9.37. The van der Waals surface area contributed by atoms with Crippen LogP contribution in [0.15, 0.2) is 12.1 Å². The summed E-state index contributed by atoms with van der Waals surface area (Å²) in [4.78, 5) is 9.07. The van der Waals surface area contributed by atoms with E-state index in [0.717, 1.165) is 5.92 Å². The van der Waals surface area contributed by atoms with Crippen molar-refractivity contribution >= 4 is 64.4 Å². The topological polar surface area (TPSA) is 4.93 Å². The summed E-state index contributed by atoms with van der Waals surface area (Å²) in [6, 6.07) is 4.98. The third kappa shape index (κ3) is 3.59. The summed E-state index contributed by atoms with van der Waals surface area (Å²) < 4.78 is 7.49. The first-order valence-corrected chi connectivity index (χ1v) is 21.0. The van der Waals surface area contributed by atoms with Crippen molar-refractivity contribution < 1.29 is 0 Å². The average molecular weight is 468 g/mol. The number of nitrogens with zero attached hydrogens (tertiary/aromatic N) is 1. The van der Waals surface area contributed by atoms with Crippen LogP contribution in [-0.2, 0) is 6.54 Å². The second-order valence-corrected chi connectivity index (χ2v) is 25.9. The van der Waals surface area contributed by atoms with Crippen LogP contribution in [0.25, 0.3) is 20.4 Å². The molecule has 0 amide bonds. The number of rotatable bonds is 7. The van der Waals surface area contributed by atoms with E-state index in [9.17, 15) is 0 Å². The Balaban J connectivity index is 2.10. The van der Waals surface area contributed by atoms with E-state index in [0.29, 0.717) is 0 Å². The summed E-state index contributed by atoms with van der Waals surface area (Å²) in [5.41, 5.74) is 3.02. The Morgan fingerprint density at radius 1 is 1.04 bits per heavy atom. The fourth-order valence-corrected chi connectivity index (χ4v) is 11.0. The third-order valence-electron chi connectivity index (χ3n) is 5.06. The van der Waals surface area contributed by atoms with Gasteiger partial charge in [0.1, 0.15) is 0 Å². The Kier molecular flexibility index (Phi) is 5.73. The summed E-state index contributed by atoms with van der Waals surface area (Å²) >= 11 is 2.10. The average Bonchev–Trinajstić information content (AvgIpc) is 3.15. The van der Waals surface area contributed by atoms with Crippen molar-refractivity contribution in [3.05, 3.63) is 17.0 Å². The van der Waals surface area contributed by atoms with Gasteiger partial charge in [0.2, 0.25) is 0 Å². The molecule has 0 bridgehead atoms. The van der Waals surface area contributed by atoms with Gasteiger partial charge in [-0.25, -0.2) is 0 Å². The van der Waals surface area contributed by atoms with Crippen LogP contribution in [0.5, 0.6) is 0 Å². The molecule has 3 aromatic rings. The molecular formula is C20H31NS2Sn. The molecule has 0 aliphatic rings. The van der Waals surface area contributed by atoms with E-state index in [1.165, 1.54) is 48.1 Å². The van der Waals surface area contributed by atoms with Gasteiger partial charge in [-0.2, -0.15) is 0 Å². The van der Waals surface area contributed by atoms with Gasteiger partial charge < -0.3 is 0 Å². The Morgan fingerprint density at radius 2 is 1.71 bits per heavy atom. The van der Waals surface area contributed by atoms with Crippen molar-refractivity contribution in [2.24, 2.45) is 5.92 Å². The zero-order chi connectivity index (χ0) is 17.5. The van der Waals surface area contributed by atoms with Gasteiger partial charge in [-0.1, -0.05) is 0 Å². The second-order valence-electron chi connectivity index (χ2n) is 8.17. The molecule has 1 unspecified atom stereocenters. The van der Waals surface area contributed by atoms with Crippen molar-refractivity contribution in [1.82, 2.24) is 4.57 Å². The molecular weight excluding hydrogens is 437 g/mol. The Labute approximate surface area is 158 Å². The monoisotopic (exact) mass is 469 g/mol. The molecule has 0 saturated heterocycles. The molecule has 1 atom stereocenters. The minimum atomic E-state index is -2.00. The van der Waals surface area contributed by atoms with Gasteiger partial charge in [0.15, 0.2) is 0 Å². The van der Waals surface area contributed by atoms with Crippen molar-refractivity contribution in [3.63, 3.8) is 0 Å². The Morgan fingerprint density at radius 3 is 2.33 bits per heavy atom. The van der Waals surface area contributed by atoms with Crippen molar-refractivity contribution in [3.8, 4) is 0 Å². The van der Waals surface area contributed by atoms with Crippen LogP contribution in [0.1, 0.15) is 44.4 Å². The van der Waals surface area contributed by atoms with E-state index in [4.69, 9.17) is 0 Å². The summed E-state index contributed by atoms with van der Waals surface area (Å²) in [6.07, 6.45) is 5.33. The molecule has 132 valence electrons. The van der Waals surface area contributed by atoms with Crippen LogP contribution >= 0.6 is 22.7 Å². The van der Waals surface area contributed by atoms with E-state index in [-0.39, 0.29) is 0 Å². The molecule has 3 heterocycles. The summed E-state index contributed by atoms with van der Waals surface area (Å²) in [7, 11) is 0. The predicted molar refractivity (Wildman–Crippen MR) is 116 cm³/mol. The molecule has 1 nitrogen and oxygen atoms in total. The SMILES string of the molecule is CCCCC(CC)Cn1c2cc(C)sc2c2s[c]([Sn]([CH3])([CH3])[CH3])cc21. The molecule has 0 fully saturated rings. The maximum absolute atomic E-state index is 2.66. The first-order chi connectivity index (χ1) is 11.3. The molecule has 0 aliphatic heterocycles. The molecule has 3 rings (SSSR count). The van der Waals surface area contributed by atoms with E-state index < -0.39 is 18.4 Å². The summed E-state index contributed by atoms with van der Waals surface area (Å²) in [6.45, 7) is 8.12. The van der Waals surface area contributed by atoms with Gasteiger partial charge >= 0.3 is 160 Å². The zero-order valence-electron chi connectivity index (χ0n) is 16.0. The first kappa shape index (κ1) is 18.8. The molecule has 0 N–H and O–H groups in total. The van der Waals surface area contributed by atoms with Gasteiger partial charge in [0.25, 0.3) is 0 Å². The van der Waals surface area contributed by atoms with Gasteiger partial charge in [-0.3, -0.25) is 0 Å². The maximum atomic E-state index is 2.66. The number of aryl methyl sites for hydroxylation is 1. The van der Waals surface area contributed by atoms with Crippen molar-refractivity contribution in [1.29, 1.82) is 0 Å². The van der Waals surface area contributed by atoms with Crippen molar-refractivity contribution in [2.75, 3.05) is 0 Å². The number of fused-ring (bicyclic) bond motifs is 3. The van der Waals surface area contributed by atoms with Crippen LogP contribution in [0.3, 0.4) is 0 Å². The molecule has 0 saturated carbocycles. The predicted octanol–water partition coefficient (Wildman–Crippen LogP) is 6.99. The van der Waals surface area contributed by atoms with Gasteiger partial charge in [0, 0.05) is 0 Å². The van der Waals surface area contributed by atoms with E-state index in [1.54, 1.807) is 12.3 Å². The fraction of sp³-hybridized carbons (Fsp3) is 0.600. The molecule has 0 aliphatic carbocycles. The van der Waals surface area contributed by atoms with Crippen LogP contribution < -0.4 is 2.89 Å². The van der Waals surface area contributed by atoms with Crippen LogP contribution in [0, 0.1) is 12.8 Å². The standard InChI is InChI=1S/C17H22NS2.3CH3.Sn/c1-4-6-7-13(5-2)11-18-14-8-9-19-16(14)17-15(18)10-12(3)20-17;;;;/h8,10,13H,4-7,11H2,1-3H3;3*1H3;. The Hall–Kier alpha value is -0.00130. The third-order valence-corrected chi connectivity index (χ3v) is 16.8.